The number of hydrogen-bond acceptors (Lipinski definition) is 3. The molecular formula is C15H20BrNO3. The fourth-order valence-corrected chi connectivity index (χ4v) is 3.30. The van der Waals surface area contributed by atoms with Crippen LogP contribution >= 0.6 is 15.9 Å². The zero-order valence-corrected chi connectivity index (χ0v) is 13.1. The number of likely N-dealkylation sites (tertiary alicyclic amines) is 1. The van der Waals surface area contributed by atoms with Crippen molar-refractivity contribution in [3.63, 3.8) is 0 Å². The van der Waals surface area contributed by atoms with Crippen LogP contribution in [0.25, 0.3) is 0 Å². The Morgan fingerprint density at radius 1 is 1.45 bits per heavy atom. The summed E-state index contributed by atoms with van der Waals surface area (Å²) in [4.78, 5) is 13.3. The molecule has 0 amide bonds. The number of carbonyl (C=O) groups is 1. The van der Waals surface area contributed by atoms with Crippen molar-refractivity contribution in [2.24, 2.45) is 5.92 Å². The Balaban J connectivity index is 2.13. The van der Waals surface area contributed by atoms with Gasteiger partial charge in [0.2, 0.25) is 0 Å². The van der Waals surface area contributed by atoms with Gasteiger partial charge in [-0.15, -0.1) is 0 Å². The van der Waals surface area contributed by atoms with Gasteiger partial charge in [0.25, 0.3) is 0 Å². The summed E-state index contributed by atoms with van der Waals surface area (Å²) in [6.45, 7) is 3.62. The molecule has 0 aromatic heterocycles. The van der Waals surface area contributed by atoms with Gasteiger partial charge in [-0.1, -0.05) is 22.9 Å². The third kappa shape index (κ3) is 3.33. The summed E-state index contributed by atoms with van der Waals surface area (Å²) >= 11 is 3.44. The van der Waals surface area contributed by atoms with Gasteiger partial charge in [0.05, 0.1) is 5.92 Å². The van der Waals surface area contributed by atoms with Crippen LogP contribution in [0, 0.1) is 5.92 Å². The number of phenols is 1. The van der Waals surface area contributed by atoms with E-state index in [2.05, 4.69) is 27.8 Å². The van der Waals surface area contributed by atoms with Gasteiger partial charge < -0.3 is 10.2 Å². The van der Waals surface area contributed by atoms with Crippen LogP contribution in [0.4, 0.5) is 0 Å². The molecule has 20 heavy (non-hydrogen) atoms. The minimum atomic E-state index is -0.692. The van der Waals surface area contributed by atoms with Crippen molar-refractivity contribution >= 4 is 21.9 Å². The molecule has 2 N–H and O–H groups in total. The maximum Gasteiger partial charge on any atom is 0.306 e. The second kappa shape index (κ2) is 6.59. The Labute approximate surface area is 127 Å². The predicted molar refractivity (Wildman–Crippen MR) is 80.8 cm³/mol. The fourth-order valence-electron chi connectivity index (χ4n) is 2.93. The van der Waals surface area contributed by atoms with E-state index < -0.39 is 5.97 Å². The summed E-state index contributed by atoms with van der Waals surface area (Å²) in [7, 11) is 0. The first-order valence-corrected chi connectivity index (χ1v) is 7.77. The first-order valence-electron chi connectivity index (χ1n) is 6.98. The highest BCUT2D eigenvalue weighted by molar-refractivity contribution is 9.10. The molecule has 1 atom stereocenters. The Hall–Kier alpha value is -1.07. The monoisotopic (exact) mass is 341 g/mol. The first kappa shape index (κ1) is 15.3. The normalized spacial score (nSPS) is 18.9. The molecule has 1 aromatic rings. The second-order valence-electron chi connectivity index (χ2n) is 5.28. The molecule has 1 aliphatic heterocycles. The molecule has 1 unspecified atom stereocenters. The molecule has 0 saturated carbocycles. The summed E-state index contributed by atoms with van der Waals surface area (Å²) in [6.07, 6.45) is 2.25. The highest BCUT2D eigenvalue weighted by Crippen LogP contribution is 2.35. The molecule has 0 spiro atoms. The average molecular weight is 342 g/mol. The molecule has 1 aliphatic rings. The SMILES string of the molecule is CCC(c1cc(Br)ccc1O)N1CCC(C(=O)O)CC1. The number of rotatable bonds is 4. The number of carboxylic acid groups (broad SMARTS) is 1. The molecule has 1 heterocycles. The molecule has 1 fully saturated rings. The molecule has 5 heteroatoms. The highest BCUT2D eigenvalue weighted by atomic mass is 79.9. The quantitative estimate of drug-likeness (QED) is 0.880. The second-order valence-corrected chi connectivity index (χ2v) is 6.19. The van der Waals surface area contributed by atoms with Gasteiger partial charge >= 0.3 is 5.97 Å². The predicted octanol–water partition coefficient (Wildman–Crippen LogP) is 3.40. The zero-order chi connectivity index (χ0) is 14.7. The number of benzene rings is 1. The lowest BCUT2D eigenvalue weighted by Gasteiger charge is -2.36. The molecule has 4 nitrogen and oxygen atoms in total. The van der Waals surface area contributed by atoms with E-state index in [0.717, 1.165) is 29.5 Å². The molecule has 0 bridgehead atoms. The summed E-state index contributed by atoms with van der Waals surface area (Å²) in [5.41, 5.74) is 0.913. The fraction of sp³-hybridized carbons (Fsp3) is 0.533. The summed E-state index contributed by atoms with van der Waals surface area (Å²) < 4.78 is 0.948. The minimum Gasteiger partial charge on any atom is -0.508 e. The number of piperidine rings is 1. The van der Waals surface area contributed by atoms with Gasteiger partial charge in [-0.2, -0.15) is 0 Å². The Bertz CT molecular complexity index is 484. The van der Waals surface area contributed by atoms with Crippen LogP contribution in [-0.4, -0.2) is 34.2 Å². The lowest BCUT2D eigenvalue weighted by Crippen LogP contribution is -2.38. The van der Waals surface area contributed by atoms with Crippen molar-refractivity contribution in [1.29, 1.82) is 0 Å². The van der Waals surface area contributed by atoms with Crippen LogP contribution in [0.3, 0.4) is 0 Å². The first-order chi connectivity index (χ1) is 9.52. The van der Waals surface area contributed by atoms with Crippen LogP contribution in [0.15, 0.2) is 22.7 Å². The number of aliphatic carboxylic acids is 1. The van der Waals surface area contributed by atoms with Gasteiger partial charge in [-0.3, -0.25) is 9.69 Å². The third-order valence-electron chi connectivity index (χ3n) is 4.05. The molecule has 1 saturated heterocycles. The molecule has 110 valence electrons. The van der Waals surface area contributed by atoms with E-state index in [0.29, 0.717) is 18.6 Å². The Kier molecular flexibility index (Phi) is 5.05. The Morgan fingerprint density at radius 3 is 2.65 bits per heavy atom. The maximum atomic E-state index is 11.0. The van der Waals surface area contributed by atoms with Crippen molar-refractivity contribution in [1.82, 2.24) is 4.90 Å². The minimum absolute atomic E-state index is 0.141. The van der Waals surface area contributed by atoms with Crippen molar-refractivity contribution in [2.45, 2.75) is 32.2 Å². The van der Waals surface area contributed by atoms with Crippen molar-refractivity contribution in [2.75, 3.05) is 13.1 Å². The number of halogens is 1. The molecule has 1 aromatic carbocycles. The number of carboxylic acids is 1. The van der Waals surface area contributed by atoms with Crippen molar-refractivity contribution in [3.8, 4) is 5.75 Å². The largest absolute Gasteiger partial charge is 0.508 e. The van der Waals surface area contributed by atoms with Gasteiger partial charge in [-0.05, 0) is 50.6 Å². The van der Waals surface area contributed by atoms with Crippen LogP contribution < -0.4 is 0 Å². The highest BCUT2D eigenvalue weighted by Gasteiger charge is 2.29. The van der Waals surface area contributed by atoms with E-state index in [-0.39, 0.29) is 12.0 Å². The third-order valence-corrected chi connectivity index (χ3v) is 4.55. The summed E-state index contributed by atoms with van der Waals surface area (Å²) in [5, 5.41) is 19.1. The number of hydrogen-bond donors (Lipinski definition) is 2. The van der Waals surface area contributed by atoms with E-state index in [9.17, 15) is 9.90 Å². The smallest absolute Gasteiger partial charge is 0.306 e. The number of phenolic OH excluding ortho intramolecular Hbond substituents is 1. The van der Waals surface area contributed by atoms with Gasteiger partial charge in [0, 0.05) is 16.1 Å². The van der Waals surface area contributed by atoms with Crippen molar-refractivity contribution < 1.29 is 15.0 Å². The Morgan fingerprint density at radius 2 is 2.10 bits per heavy atom. The van der Waals surface area contributed by atoms with E-state index in [1.807, 2.05) is 12.1 Å². The lowest BCUT2D eigenvalue weighted by molar-refractivity contribution is -0.143. The van der Waals surface area contributed by atoms with Gasteiger partial charge in [0.15, 0.2) is 0 Å². The molecule has 0 aliphatic carbocycles. The van der Waals surface area contributed by atoms with Crippen LogP contribution in [0.5, 0.6) is 5.75 Å². The van der Waals surface area contributed by atoms with Crippen LogP contribution in [0.1, 0.15) is 37.8 Å². The lowest BCUT2D eigenvalue weighted by atomic mass is 9.93. The van der Waals surface area contributed by atoms with E-state index in [1.165, 1.54) is 0 Å². The standard InChI is InChI=1S/C15H20BrNO3/c1-2-13(12-9-11(16)3-4-14(12)18)17-7-5-10(6-8-17)15(19)20/h3-4,9-10,13,18H,2,5-8H2,1H3,(H,19,20). The summed E-state index contributed by atoms with van der Waals surface area (Å²) in [6, 6.07) is 5.61. The topological polar surface area (TPSA) is 60.8 Å². The maximum absolute atomic E-state index is 11.0. The van der Waals surface area contributed by atoms with Gasteiger partial charge in [0.1, 0.15) is 5.75 Å². The van der Waals surface area contributed by atoms with Gasteiger partial charge in [-0.25, -0.2) is 0 Å². The van der Waals surface area contributed by atoms with E-state index in [1.54, 1.807) is 6.07 Å². The van der Waals surface area contributed by atoms with E-state index in [4.69, 9.17) is 5.11 Å². The van der Waals surface area contributed by atoms with E-state index >= 15 is 0 Å². The molecule has 2 rings (SSSR count). The van der Waals surface area contributed by atoms with Crippen LogP contribution in [-0.2, 0) is 4.79 Å². The molecule has 0 radical (unpaired) electrons. The average Bonchev–Trinajstić information content (AvgIpc) is 2.44. The van der Waals surface area contributed by atoms with Crippen LogP contribution in [0.2, 0.25) is 0 Å². The summed E-state index contributed by atoms with van der Waals surface area (Å²) in [5.74, 6) is -0.608. The number of aromatic hydroxyl groups is 1. The zero-order valence-electron chi connectivity index (χ0n) is 11.6. The number of nitrogens with zero attached hydrogens (tertiary/aromatic N) is 1. The van der Waals surface area contributed by atoms with Crippen molar-refractivity contribution in [3.05, 3.63) is 28.2 Å². The molecular weight excluding hydrogens is 322 g/mol.